The SMILES string of the molecule is O=C(O)Cc1nnc(Cc2nc3ccc(-c4ccccc4)cc3s2)o1. The summed E-state index contributed by atoms with van der Waals surface area (Å²) in [4.78, 5) is 15.3. The molecule has 0 unspecified atom stereocenters. The number of hydrogen-bond acceptors (Lipinski definition) is 6. The Labute approximate surface area is 146 Å². The van der Waals surface area contributed by atoms with Gasteiger partial charge in [0.05, 0.1) is 16.6 Å². The number of thiazole rings is 1. The van der Waals surface area contributed by atoms with Crippen molar-refractivity contribution in [2.45, 2.75) is 12.8 Å². The second-order valence-corrected chi connectivity index (χ2v) is 6.61. The van der Waals surface area contributed by atoms with E-state index in [4.69, 9.17) is 9.52 Å². The Morgan fingerprint density at radius 2 is 1.84 bits per heavy atom. The van der Waals surface area contributed by atoms with Gasteiger partial charge >= 0.3 is 5.97 Å². The van der Waals surface area contributed by atoms with Crippen LogP contribution in [0.2, 0.25) is 0 Å². The third kappa shape index (κ3) is 3.41. The molecular formula is C18H13N3O3S. The number of carboxylic acid groups (broad SMARTS) is 1. The molecule has 2 heterocycles. The van der Waals surface area contributed by atoms with Crippen LogP contribution in [0.25, 0.3) is 21.3 Å². The van der Waals surface area contributed by atoms with Gasteiger partial charge in [0.25, 0.3) is 0 Å². The number of carboxylic acids is 1. The molecule has 0 aliphatic heterocycles. The van der Waals surface area contributed by atoms with Crippen LogP contribution in [0.1, 0.15) is 16.8 Å². The second-order valence-electron chi connectivity index (χ2n) is 5.49. The summed E-state index contributed by atoms with van der Waals surface area (Å²) in [5.74, 6) is -0.516. The minimum Gasteiger partial charge on any atom is -0.481 e. The maximum Gasteiger partial charge on any atom is 0.312 e. The Kier molecular flexibility index (Phi) is 3.99. The number of nitrogens with zero attached hydrogens (tertiary/aromatic N) is 3. The molecule has 0 atom stereocenters. The molecule has 0 radical (unpaired) electrons. The van der Waals surface area contributed by atoms with Gasteiger partial charge in [0.1, 0.15) is 11.4 Å². The molecule has 4 rings (SSSR count). The van der Waals surface area contributed by atoms with Crippen LogP contribution in [0.15, 0.2) is 52.9 Å². The fourth-order valence-corrected chi connectivity index (χ4v) is 3.55. The third-order valence-corrected chi connectivity index (χ3v) is 4.67. The number of fused-ring (bicyclic) bond motifs is 1. The van der Waals surface area contributed by atoms with E-state index in [1.165, 1.54) is 0 Å². The molecule has 7 heteroatoms. The lowest BCUT2D eigenvalue weighted by Crippen LogP contribution is -1.99. The van der Waals surface area contributed by atoms with Crippen molar-refractivity contribution < 1.29 is 14.3 Å². The van der Waals surface area contributed by atoms with Gasteiger partial charge in [-0.15, -0.1) is 21.5 Å². The van der Waals surface area contributed by atoms with Crippen LogP contribution in [0.4, 0.5) is 0 Å². The molecule has 2 aromatic carbocycles. The van der Waals surface area contributed by atoms with Crippen molar-refractivity contribution in [2.24, 2.45) is 0 Å². The van der Waals surface area contributed by atoms with Crippen LogP contribution in [-0.4, -0.2) is 26.3 Å². The first-order valence-electron chi connectivity index (χ1n) is 7.65. The molecular weight excluding hydrogens is 338 g/mol. The number of aromatic nitrogens is 3. The van der Waals surface area contributed by atoms with Crippen molar-refractivity contribution in [1.29, 1.82) is 0 Å². The predicted molar refractivity (Wildman–Crippen MR) is 93.5 cm³/mol. The van der Waals surface area contributed by atoms with E-state index in [1.54, 1.807) is 11.3 Å². The summed E-state index contributed by atoms with van der Waals surface area (Å²) in [6.45, 7) is 0. The lowest BCUT2D eigenvalue weighted by Gasteiger charge is -2.00. The van der Waals surface area contributed by atoms with E-state index in [0.717, 1.165) is 26.4 Å². The van der Waals surface area contributed by atoms with Gasteiger partial charge < -0.3 is 9.52 Å². The maximum atomic E-state index is 10.7. The normalized spacial score (nSPS) is 11.0. The topological polar surface area (TPSA) is 89.1 Å². The van der Waals surface area contributed by atoms with Crippen molar-refractivity contribution in [3.63, 3.8) is 0 Å². The van der Waals surface area contributed by atoms with Crippen molar-refractivity contribution in [2.75, 3.05) is 0 Å². The molecule has 0 spiro atoms. The Morgan fingerprint density at radius 1 is 1.04 bits per heavy atom. The molecule has 6 nitrogen and oxygen atoms in total. The Bertz CT molecular complexity index is 1040. The standard InChI is InChI=1S/C18H13N3O3S/c22-18(23)10-16-21-20-15(24-16)9-17-19-13-7-6-12(8-14(13)25-17)11-4-2-1-3-5-11/h1-8H,9-10H2,(H,22,23). The van der Waals surface area contributed by atoms with E-state index in [1.807, 2.05) is 24.3 Å². The van der Waals surface area contributed by atoms with Gasteiger partial charge in [-0.3, -0.25) is 4.79 Å². The van der Waals surface area contributed by atoms with Gasteiger partial charge in [0, 0.05) is 0 Å². The smallest absolute Gasteiger partial charge is 0.312 e. The summed E-state index contributed by atoms with van der Waals surface area (Å²) in [5, 5.41) is 17.2. The fourth-order valence-electron chi connectivity index (χ4n) is 2.55. The molecule has 1 N–H and O–H groups in total. The summed E-state index contributed by atoms with van der Waals surface area (Å²) < 4.78 is 6.44. The number of rotatable bonds is 5. The van der Waals surface area contributed by atoms with Gasteiger partial charge in [-0.25, -0.2) is 4.98 Å². The zero-order valence-electron chi connectivity index (χ0n) is 13.0. The van der Waals surface area contributed by atoms with E-state index in [9.17, 15) is 4.79 Å². The van der Waals surface area contributed by atoms with Crippen molar-refractivity contribution in [3.05, 3.63) is 65.3 Å². The second kappa shape index (κ2) is 6.45. The molecule has 0 bridgehead atoms. The minimum atomic E-state index is -0.997. The average Bonchev–Trinajstić information content (AvgIpc) is 3.20. The Balaban J connectivity index is 1.59. The summed E-state index contributed by atoms with van der Waals surface area (Å²) in [5.41, 5.74) is 3.23. The van der Waals surface area contributed by atoms with Crippen molar-refractivity contribution in [1.82, 2.24) is 15.2 Å². The van der Waals surface area contributed by atoms with Crippen LogP contribution in [0.3, 0.4) is 0 Å². The first-order chi connectivity index (χ1) is 12.2. The minimum absolute atomic E-state index is 0.106. The van der Waals surface area contributed by atoms with Crippen molar-refractivity contribution in [3.8, 4) is 11.1 Å². The summed E-state index contributed by atoms with van der Waals surface area (Å²) in [7, 11) is 0. The Morgan fingerprint density at radius 3 is 2.64 bits per heavy atom. The molecule has 124 valence electrons. The highest BCUT2D eigenvalue weighted by Gasteiger charge is 2.13. The lowest BCUT2D eigenvalue weighted by molar-refractivity contribution is -0.136. The number of hydrogen-bond donors (Lipinski definition) is 1. The van der Waals surface area contributed by atoms with Gasteiger partial charge in [-0.2, -0.15) is 0 Å². The predicted octanol–water partition coefficient (Wildman–Crippen LogP) is 3.56. The number of aliphatic carboxylic acids is 1. The van der Waals surface area contributed by atoms with Gasteiger partial charge in [0.2, 0.25) is 11.8 Å². The van der Waals surface area contributed by atoms with Crippen LogP contribution >= 0.6 is 11.3 Å². The largest absolute Gasteiger partial charge is 0.481 e. The summed E-state index contributed by atoms with van der Waals surface area (Å²) >= 11 is 1.57. The first kappa shape index (κ1) is 15.5. The van der Waals surface area contributed by atoms with E-state index >= 15 is 0 Å². The van der Waals surface area contributed by atoms with E-state index in [0.29, 0.717) is 12.3 Å². The zero-order chi connectivity index (χ0) is 17.2. The summed E-state index contributed by atoms with van der Waals surface area (Å²) in [6, 6.07) is 16.4. The molecule has 0 saturated carbocycles. The first-order valence-corrected chi connectivity index (χ1v) is 8.47. The van der Waals surface area contributed by atoms with Gasteiger partial charge in [-0.05, 0) is 23.3 Å². The molecule has 2 aromatic heterocycles. The Hall–Kier alpha value is -3.06. The van der Waals surface area contributed by atoms with Crippen LogP contribution in [0, 0.1) is 0 Å². The van der Waals surface area contributed by atoms with Crippen molar-refractivity contribution >= 4 is 27.5 Å². The highest BCUT2D eigenvalue weighted by Crippen LogP contribution is 2.29. The van der Waals surface area contributed by atoms with E-state index in [-0.39, 0.29) is 12.3 Å². The van der Waals surface area contributed by atoms with Gasteiger partial charge in [-0.1, -0.05) is 36.4 Å². The fraction of sp³-hybridized carbons (Fsp3) is 0.111. The van der Waals surface area contributed by atoms with E-state index in [2.05, 4.69) is 39.4 Å². The molecule has 25 heavy (non-hydrogen) atoms. The number of benzene rings is 2. The molecule has 0 fully saturated rings. The molecule has 0 aliphatic carbocycles. The van der Waals surface area contributed by atoms with E-state index < -0.39 is 5.97 Å². The monoisotopic (exact) mass is 351 g/mol. The number of carbonyl (C=O) groups is 1. The summed E-state index contributed by atoms with van der Waals surface area (Å²) in [6.07, 6.45) is 0.125. The molecule has 0 aliphatic rings. The lowest BCUT2D eigenvalue weighted by atomic mass is 10.1. The zero-order valence-corrected chi connectivity index (χ0v) is 13.9. The quantitative estimate of drug-likeness (QED) is 0.591. The highest BCUT2D eigenvalue weighted by atomic mass is 32.1. The molecule has 4 aromatic rings. The van der Waals surface area contributed by atoms with Gasteiger partial charge in [0.15, 0.2) is 0 Å². The third-order valence-electron chi connectivity index (χ3n) is 3.65. The van der Waals surface area contributed by atoms with Crippen LogP contribution in [-0.2, 0) is 17.6 Å². The van der Waals surface area contributed by atoms with Crippen LogP contribution < -0.4 is 0 Å². The molecule has 0 saturated heterocycles. The average molecular weight is 351 g/mol. The molecule has 0 amide bonds. The maximum absolute atomic E-state index is 10.7. The highest BCUT2D eigenvalue weighted by molar-refractivity contribution is 7.18. The van der Waals surface area contributed by atoms with Crippen LogP contribution in [0.5, 0.6) is 0 Å².